The lowest BCUT2D eigenvalue weighted by molar-refractivity contribution is 0.0527. The van der Waals surface area contributed by atoms with Gasteiger partial charge in [-0.3, -0.25) is 0 Å². The molecule has 0 radical (unpaired) electrons. The normalized spacial score (nSPS) is 11.5. The summed E-state index contributed by atoms with van der Waals surface area (Å²) in [6.45, 7) is 6.97. The van der Waals surface area contributed by atoms with Crippen LogP contribution < -0.4 is 10.6 Å². The monoisotopic (exact) mass is 762 g/mol. The minimum atomic E-state index is -0.499. The van der Waals surface area contributed by atoms with Gasteiger partial charge in [0.25, 0.3) is 0 Å². The van der Waals surface area contributed by atoms with Gasteiger partial charge in [0.2, 0.25) is 0 Å². The summed E-state index contributed by atoms with van der Waals surface area (Å²) in [4.78, 5) is 40.2. The van der Waals surface area contributed by atoms with Crippen molar-refractivity contribution in [2.75, 3.05) is 13.1 Å². The Balaban J connectivity index is 0.905. The fourth-order valence-electron chi connectivity index (χ4n) is 6.75. The molecule has 7 aromatic rings. The topological polar surface area (TPSA) is 134 Å². The molecule has 0 saturated carbocycles. The number of aryl methyl sites for hydroxylation is 2. The Morgan fingerprint density at radius 1 is 0.632 bits per heavy atom. The number of fused-ring (bicyclic) bond motifs is 2. The first kappa shape index (κ1) is 38.8. The molecule has 0 fully saturated rings. The van der Waals surface area contributed by atoms with Gasteiger partial charge in [0.1, 0.15) is 23.9 Å². The first-order valence-corrected chi connectivity index (χ1v) is 19.7. The highest BCUT2D eigenvalue weighted by atomic mass is 16.6. The van der Waals surface area contributed by atoms with E-state index in [2.05, 4.69) is 104 Å². The van der Waals surface area contributed by atoms with Crippen LogP contribution in [-0.4, -0.2) is 50.8 Å². The number of benzene rings is 5. The molecule has 0 unspecified atom stereocenters. The second-order valence-electron chi connectivity index (χ2n) is 15.3. The molecular formula is C47H50N6O4. The number of carbonyl (C=O) groups excluding carboxylic acids is 2. The SMILES string of the molecule is CC(C)(C)OC(=O)NCCCCc1nc2ccc(-c3ccc4ccc(-c5ccc(-c6cnc(CCCCNC(=O)OCc7ccccc7)[nH]6)cc5)cc4c3)cc2[nH]1. The molecule has 292 valence electrons. The summed E-state index contributed by atoms with van der Waals surface area (Å²) in [6.07, 6.45) is 6.18. The van der Waals surface area contributed by atoms with Gasteiger partial charge in [0.05, 0.1) is 22.9 Å². The average molecular weight is 763 g/mol. The summed E-state index contributed by atoms with van der Waals surface area (Å²) < 4.78 is 10.6. The van der Waals surface area contributed by atoms with Crippen LogP contribution in [0.3, 0.4) is 0 Å². The molecule has 4 N–H and O–H groups in total. The molecule has 10 heteroatoms. The average Bonchev–Trinajstić information content (AvgIpc) is 3.86. The zero-order valence-corrected chi connectivity index (χ0v) is 32.9. The zero-order valence-electron chi connectivity index (χ0n) is 32.9. The van der Waals surface area contributed by atoms with Gasteiger partial charge in [-0.2, -0.15) is 0 Å². The van der Waals surface area contributed by atoms with Crippen LogP contribution in [0.4, 0.5) is 9.59 Å². The maximum atomic E-state index is 12.0. The molecule has 0 spiro atoms. The van der Waals surface area contributed by atoms with Crippen molar-refractivity contribution in [1.29, 1.82) is 0 Å². The fourth-order valence-corrected chi connectivity index (χ4v) is 6.75. The Kier molecular flexibility index (Phi) is 12.3. The smallest absolute Gasteiger partial charge is 0.407 e. The quantitative estimate of drug-likeness (QED) is 0.0769. The van der Waals surface area contributed by atoms with E-state index in [-0.39, 0.29) is 12.7 Å². The van der Waals surface area contributed by atoms with E-state index >= 15 is 0 Å². The number of amides is 2. The van der Waals surface area contributed by atoms with Crippen LogP contribution in [0.25, 0.3) is 55.3 Å². The van der Waals surface area contributed by atoms with Crippen molar-refractivity contribution in [3.05, 3.63) is 133 Å². The van der Waals surface area contributed by atoms with Gasteiger partial charge < -0.3 is 30.1 Å². The second kappa shape index (κ2) is 18.0. The number of nitrogens with one attached hydrogen (secondary N) is 4. The van der Waals surface area contributed by atoms with Crippen molar-refractivity contribution in [2.45, 2.75) is 71.5 Å². The van der Waals surface area contributed by atoms with Crippen LogP contribution in [0.2, 0.25) is 0 Å². The minimum absolute atomic E-state index is 0.266. The Hall–Kier alpha value is -6.42. The number of imidazole rings is 2. The molecule has 0 aliphatic heterocycles. The van der Waals surface area contributed by atoms with Crippen LogP contribution in [0.1, 0.15) is 63.7 Å². The van der Waals surface area contributed by atoms with E-state index in [1.807, 2.05) is 57.3 Å². The molecule has 0 saturated heterocycles. The van der Waals surface area contributed by atoms with Crippen LogP contribution in [0.15, 0.2) is 115 Å². The van der Waals surface area contributed by atoms with E-state index < -0.39 is 11.7 Å². The Bertz CT molecular complexity index is 2430. The van der Waals surface area contributed by atoms with Crippen molar-refractivity contribution < 1.29 is 19.1 Å². The number of aromatic amines is 2. The molecule has 10 nitrogen and oxygen atoms in total. The number of carbonyl (C=O) groups is 2. The maximum absolute atomic E-state index is 12.0. The van der Waals surface area contributed by atoms with Gasteiger partial charge in [-0.1, -0.05) is 84.9 Å². The number of hydrogen-bond acceptors (Lipinski definition) is 6. The number of hydrogen-bond donors (Lipinski definition) is 4. The molecule has 7 rings (SSSR count). The molecule has 5 aromatic carbocycles. The predicted octanol–water partition coefficient (Wildman–Crippen LogP) is 10.5. The van der Waals surface area contributed by atoms with Crippen LogP contribution in [0.5, 0.6) is 0 Å². The van der Waals surface area contributed by atoms with E-state index in [0.29, 0.717) is 13.1 Å². The van der Waals surface area contributed by atoms with E-state index in [9.17, 15) is 9.59 Å². The first-order chi connectivity index (χ1) is 27.6. The van der Waals surface area contributed by atoms with Crippen LogP contribution >= 0.6 is 0 Å². The molecule has 57 heavy (non-hydrogen) atoms. The van der Waals surface area contributed by atoms with E-state index in [1.165, 1.54) is 10.8 Å². The maximum Gasteiger partial charge on any atom is 0.407 e. The number of ether oxygens (including phenoxy) is 2. The molecule has 0 aliphatic rings. The van der Waals surface area contributed by atoms with Crippen molar-refractivity contribution >= 4 is 34.0 Å². The number of aromatic nitrogens is 4. The summed E-state index contributed by atoms with van der Waals surface area (Å²) in [5.74, 6) is 1.88. The van der Waals surface area contributed by atoms with Gasteiger partial charge in [0.15, 0.2) is 0 Å². The molecule has 2 heterocycles. The zero-order chi connectivity index (χ0) is 39.6. The van der Waals surface area contributed by atoms with Crippen molar-refractivity contribution in [1.82, 2.24) is 30.6 Å². The molecular weight excluding hydrogens is 713 g/mol. The lowest BCUT2D eigenvalue weighted by atomic mass is 9.97. The first-order valence-electron chi connectivity index (χ1n) is 19.7. The van der Waals surface area contributed by atoms with E-state index in [0.717, 1.165) is 100 Å². The van der Waals surface area contributed by atoms with Crippen LogP contribution in [0, 0.1) is 0 Å². The standard InChI is InChI=1S/C47H50N6O4/c1-47(2,3)57-46(55)49-26-10-8-14-44-51-40-24-23-38(29-41(40)52-44)37-22-18-34-17-21-36(27-39(34)28-37)33-15-19-35(20-16-33)42-30-50-43(53-42)13-7-9-25-48-45(54)56-31-32-11-5-4-6-12-32/h4-6,11-12,15-24,27-30H,7-10,13-14,25-26,31H2,1-3H3,(H,48,54)(H,49,55)(H,50,53)(H,51,52). The van der Waals surface area contributed by atoms with E-state index in [1.54, 1.807) is 0 Å². The third-order valence-corrected chi connectivity index (χ3v) is 9.69. The predicted molar refractivity (Wildman–Crippen MR) is 227 cm³/mol. The van der Waals surface area contributed by atoms with E-state index in [4.69, 9.17) is 14.5 Å². The highest BCUT2D eigenvalue weighted by molar-refractivity contribution is 5.92. The third-order valence-electron chi connectivity index (χ3n) is 9.69. The Morgan fingerprint density at radius 2 is 1.25 bits per heavy atom. The highest BCUT2D eigenvalue weighted by Crippen LogP contribution is 2.31. The minimum Gasteiger partial charge on any atom is -0.445 e. The van der Waals surface area contributed by atoms with Gasteiger partial charge in [0, 0.05) is 25.9 Å². The second-order valence-corrected chi connectivity index (χ2v) is 15.3. The fraction of sp³-hybridized carbons (Fsp3) is 0.277. The van der Waals surface area contributed by atoms with Crippen molar-refractivity contribution in [3.63, 3.8) is 0 Å². The summed E-state index contributed by atoms with van der Waals surface area (Å²) in [5.41, 5.74) is 9.07. The Morgan fingerprint density at radius 3 is 1.96 bits per heavy atom. The number of H-pyrrole nitrogens is 2. The molecule has 0 bridgehead atoms. The van der Waals surface area contributed by atoms with Crippen molar-refractivity contribution in [2.24, 2.45) is 0 Å². The number of unbranched alkanes of at least 4 members (excludes halogenated alkanes) is 2. The number of nitrogens with zero attached hydrogens (tertiary/aromatic N) is 2. The van der Waals surface area contributed by atoms with Gasteiger partial charge in [-0.25, -0.2) is 19.6 Å². The third kappa shape index (κ3) is 10.9. The van der Waals surface area contributed by atoms with Gasteiger partial charge in [-0.15, -0.1) is 0 Å². The summed E-state index contributed by atoms with van der Waals surface area (Å²) in [6, 6.07) is 37.8. The summed E-state index contributed by atoms with van der Waals surface area (Å²) >= 11 is 0. The van der Waals surface area contributed by atoms with Gasteiger partial charge >= 0.3 is 12.2 Å². The summed E-state index contributed by atoms with van der Waals surface area (Å²) in [7, 11) is 0. The molecule has 0 aliphatic carbocycles. The largest absolute Gasteiger partial charge is 0.445 e. The number of rotatable bonds is 15. The lowest BCUT2D eigenvalue weighted by Crippen LogP contribution is -2.33. The highest BCUT2D eigenvalue weighted by Gasteiger charge is 2.15. The molecule has 2 aromatic heterocycles. The number of alkyl carbamates (subject to hydrolysis) is 2. The van der Waals surface area contributed by atoms with Crippen LogP contribution in [-0.2, 0) is 28.9 Å². The van der Waals surface area contributed by atoms with Gasteiger partial charge in [-0.05, 0) is 115 Å². The molecule has 0 atom stereocenters. The molecule has 2 amide bonds. The lowest BCUT2D eigenvalue weighted by Gasteiger charge is -2.19. The summed E-state index contributed by atoms with van der Waals surface area (Å²) in [5, 5.41) is 8.01. The van der Waals surface area contributed by atoms with Crippen molar-refractivity contribution in [3.8, 4) is 33.5 Å². The Labute approximate surface area is 333 Å².